The molecule has 0 aliphatic heterocycles. The van der Waals surface area contributed by atoms with Crippen molar-refractivity contribution in [2.75, 3.05) is 26.2 Å². The molecule has 3 rings (SSSR count). The van der Waals surface area contributed by atoms with Gasteiger partial charge in [-0.2, -0.15) is 5.10 Å². The molecule has 0 aliphatic rings. The zero-order chi connectivity index (χ0) is 23.3. The van der Waals surface area contributed by atoms with Gasteiger partial charge >= 0.3 is 0 Å². The zero-order valence-electron chi connectivity index (χ0n) is 18.5. The summed E-state index contributed by atoms with van der Waals surface area (Å²) >= 11 is 18.6. The van der Waals surface area contributed by atoms with Crippen LogP contribution in [0.3, 0.4) is 0 Å². The van der Waals surface area contributed by atoms with Crippen LogP contribution in [-0.2, 0) is 0 Å². The summed E-state index contributed by atoms with van der Waals surface area (Å²) < 4.78 is 1.70. The maximum atomic E-state index is 13.0. The standard InChI is InChI=1S/C24H27Cl3N4O/c1-4-30(5-2)14-6-13-28-24(32)22-16(3)23(17-7-9-18(25)10-8-17)31(29-22)21-12-11-19(26)15-20(21)27/h7-12,15H,4-6,13-14H2,1-3H3,(H,28,32). The van der Waals surface area contributed by atoms with Crippen LogP contribution in [0.5, 0.6) is 0 Å². The summed E-state index contributed by atoms with van der Waals surface area (Å²) in [5, 5.41) is 9.26. The van der Waals surface area contributed by atoms with Gasteiger partial charge in [-0.15, -0.1) is 0 Å². The van der Waals surface area contributed by atoms with Crippen molar-refractivity contribution in [2.24, 2.45) is 0 Å². The largest absolute Gasteiger partial charge is 0.351 e. The van der Waals surface area contributed by atoms with Crippen LogP contribution in [0, 0.1) is 6.92 Å². The Morgan fingerprint density at radius 3 is 2.31 bits per heavy atom. The van der Waals surface area contributed by atoms with E-state index in [1.54, 1.807) is 22.9 Å². The average molecular weight is 494 g/mol. The third kappa shape index (κ3) is 5.65. The summed E-state index contributed by atoms with van der Waals surface area (Å²) in [6.07, 6.45) is 0.875. The number of carbonyl (C=O) groups is 1. The predicted molar refractivity (Wildman–Crippen MR) is 134 cm³/mol. The second-order valence-electron chi connectivity index (χ2n) is 7.47. The van der Waals surface area contributed by atoms with Crippen LogP contribution >= 0.6 is 34.8 Å². The molecule has 0 aliphatic carbocycles. The molecule has 5 nitrogen and oxygen atoms in total. The molecule has 0 radical (unpaired) electrons. The van der Waals surface area contributed by atoms with Crippen molar-refractivity contribution >= 4 is 40.7 Å². The van der Waals surface area contributed by atoms with Crippen LogP contribution in [0.1, 0.15) is 36.3 Å². The number of halogens is 3. The molecular formula is C24H27Cl3N4O. The van der Waals surface area contributed by atoms with E-state index in [0.29, 0.717) is 33.0 Å². The molecule has 3 aromatic rings. The maximum absolute atomic E-state index is 13.0. The number of hydrogen-bond acceptors (Lipinski definition) is 3. The van der Waals surface area contributed by atoms with E-state index in [1.165, 1.54) is 0 Å². The van der Waals surface area contributed by atoms with E-state index < -0.39 is 0 Å². The second-order valence-corrected chi connectivity index (χ2v) is 8.75. The molecule has 0 saturated heterocycles. The van der Waals surface area contributed by atoms with Crippen molar-refractivity contribution in [3.8, 4) is 16.9 Å². The van der Waals surface area contributed by atoms with E-state index in [0.717, 1.165) is 42.9 Å². The lowest BCUT2D eigenvalue weighted by molar-refractivity contribution is 0.0946. The number of nitrogens with zero attached hydrogens (tertiary/aromatic N) is 3. The molecule has 0 unspecified atom stereocenters. The van der Waals surface area contributed by atoms with Gasteiger partial charge in [0.05, 0.1) is 16.4 Å². The molecule has 2 aromatic carbocycles. The molecule has 0 bridgehead atoms. The fourth-order valence-corrected chi connectivity index (χ4v) is 4.23. The number of amides is 1. The van der Waals surface area contributed by atoms with Crippen LogP contribution in [0.4, 0.5) is 0 Å². The minimum absolute atomic E-state index is 0.207. The monoisotopic (exact) mass is 492 g/mol. The summed E-state index contributed by atoms with van der Waals surface area (Å²) in [7, 11) is 0. The van der Waals surface area contributed by atoms with Crippen molar-refractivity contribution in [1.29, 1.82) is 0 Å². The van der Waals surface area contributed by atoms with Gasteiger partial charge in [0.1, 0.15) is 0 Å². The Morgan fingerprint density at radius 2 is 1.69 bits per heavy atom. The first-order valence-electron chi connectivity index (χ1n) is 10.7. The van der Waals surface area contributed by atoms with Gasteiger partial charge in [-0.25, -0.2) is 4.68 Å². The first kappa shape index (κ1) is 24.6. The van der Waals surface area contributed by atoms with Gasteiger partial charge in [-0.1, -0.05) is 60.8 Å². The van der Waals surface area contributed by atoms with Gasteiger partial charge in [0.25, 0.3) is 5.91 Å². The summed E-state index contributed by atoms with van der Waals surface area (Å²) in [5.41, 5.74) is 3.43. The molecule has 1 heterocycles. The fourth-order valence-electron chi connectivity index (χ4n) is 3.61. The van der Waals surface area contributed by atoms with Crippen LogP contribution < -0.4 is 5.32 Å². The van der Waals surface area contributed by atoms with Crippen molar-refractivity contribution in [3.05, 3.63) is 68.8 Å². The van der Waals surface area contributed by atoms with Crippen molar-refractivity contribution in [1.82, 2.24) is 20.0 Å². The second kappa shape index (κ2) is 11.2. The molecule has 170 valence electrons. The van der Waals surface area contributed by atoms with Crippen molar-refractivity contribution < 1.29 is 4.79 Å². The fraction of sp³-hybridized carbons (Fsp3) is 0.333. The highest BCUT2D eigenvalue weighted by Gasteiger charge is 2.23. The highest BCUT2D eigenvalue weighted by molar-refractivity contribution is 6.35. The molecule has 0 saturated carbocycles. The molecule has 1 N–H and O–H groups in total. The molecule has 0 fully saturated rings. The minimum Gasteiger partial charge on any atom is -0.351 e. The van der Waals surface area contributed by atoms with E-state index in [-0.39, 0.29) is 5.91 Å². The lowest BCUT2D eigenvalue weighted by atomic mass is 10.1. The highest BCUT2D eigenvalue weighted by Crippen LogP contribution is 2.33. The quantitative estimate of drug-likeness (QED) is 0.357. The van der Waals surface area contributed by atoms with Crippen LogP contribution in [-0.4, -0.2) is 46.8 Å². The maximum Gasteiger partial charge on any atom is 0.272 e. The van der Waals surface area contributed by atoms with Gasteiger partial charge < -0.3 is 10.2 Å². The summed E-state index contributed by atoms with van der Waals surface area (Å²) in [6.45, 7) is 9.69. The predicted octanol–water partition coefficient (Wildman–Crippen LogP) is 6.27. The molecule has 32 heavy (non-hydrogen) atoms. The van der Waals surface area contributed by atoms with Gasteiger partial charge in [0, 0.05) is 27.7 Å². The van der Waals surface area contributed by atoms with Crippen LogP contribution in [0.15, 0.2) is 42.5 Å². The van der Waals surface area contributed by atoms with Gasteiger partial charge in [-0.05, 0) is 63.3 Å². The van der Waals surface area contributed by atoms with Crippen molar-refractivity contribution in [3.63, 3.8) is 0 Å². The molecule has 0 spiro atoms. The lowest BCUT2D eigenvalue weighted by Gasteiger charge is -2.17. The summed E-state index contributed by atoms with van der Waals surface area (Å²) in [5.74, 6) is -0.207. The third-order valence-electron chi connectivity index (χ3n) is 5.42. The number of carbonyl (C=O) groups excluding carboxylic acids is 1. The van der Waals surface area contributed by atoms with Crippen LogP contribution in [0.2, 0.25) is 15.1 Å². The number of nitrogens with one attached hydrogen (secondary N) is 1. The Labute approximate surface area is 204 Å². The minimum atomic E-state index is -0.207. The molecule has 1 amide bonds. The Balaban J connectivity index is 1.94. The summed E-state index contributed by atoms with van der Waals surface area (Å²) in [4.78, 5) is 15.3. The zero-order valence-corrected chi connectivity index (χ0v) is 20.7. The Morgan fingerprint density at radius 1 is 1.03 bits per heavy atom. The Bertz CT molecular complexity index is 1080. The Hall–Kier alpha value is -2.05. The van der Waals surface area contributed by atoms with E-state index in [2.05, 4.69) is 29.2 Å². The van der Waals surface area contributed by atoms with E-state index >= 15 is 0 Å². The first-order valence-corrected chi connectivity index (χ1v) is 11.8. The van der Waals surface area contributed by atoms with E-state index in [1.807, 2.05) is 31.2 Å². The van der Waals surface area contributed by atoms with Gasteiger partial charge in [0.15, 0.2) is 5.69 Å². The number of hydrogen-bond donors (Lipinski definition) is 1. The van der Waals surface area contributed by atoms with Crippen molar-refractivity contribution in [2.45, 2.75) is 27.2 Å². The molecule has 8 heteroatoms. The van der Waals surface area contributed by atoms with Gasteiger partial charge in [0.2, 0.25) is 0 Å². The number of rotatable bonds is 9. The Kier molecular flexibility index (Phi) is 8.60. The highest BCUT2D eigenvalue weighted by atomic mass is 35.5. The SMILES string of the molecule is CCN(CC)CCCNC(=O)c1nn(-c2ccc(Cl)cc2Cl)c(-c2ccc(Cl)cc2)c1C. The van der Waals surface area contributed by atoms with E-state index in [9.17, 15) is 4.79 Å². The average Bonchev–Trinajstić information content (AvgIpc) is 3.11. The van der Waals surface area contributed by atoms with E-state index in [4.69, 9.17) is 34.8 Å². The number of aromatic nitrogens is 2. The molecule has 1 aromatic heterocycles. The molecule has 0 atom stereocenters. The topological polar surface area (TPSA) is 50.2 Å². The number of benzene rings is 2. The third-order valence-corrected chi connectivity index (χ3v) is 6.21. The van der Waals surface area contributed by atoms with Gasteiger partial charge in [-0.3, -0.25) is 4.79 Å². The first-order chi connectivity index (χ1) is 15.3. The van der Waals surface area contributed by atoms with Crippen LogP contribution in [0.25, 0.3) is 16.9 Å². The molecular weight excluding hydrogens is 467 g/mol. The normalized spacial score (nSPS) is 11.2. The summed E-state index contributed by atoms with van der Waals surface area (Å²) in [6, 6.07) is 12.6. The smallest absolute Gasteiger partial charge is 0.272 e. The lowest BCUT2D eigenvalue weighted by Crippen LogP contribution is -2.30.